The second-order valence-corrected chi connectivity index (χ2v) is 5.26. The van der Waals surface area contributed by atoms with Crippen LogP contribution >= 0.6 is 11.6 Å². The second-order valence-electron chi connectivity index (χ2n) is 4.82. The number of alkyl halides is 1. The zero-order valence-electron chi connectivity index (χ0n) is 10.8. The molecule has 98 valence electrons. The highest BCUT2D eigenvalue weighted by Gasteiger charge is 2.30. The lowest BCUT2D eigenvalue weighted by molar-refractivity contribution is 0.455. The van der Waals surface area contributed by atoms with Crippen molar-refractivity contribution in [3.63, 3.8) is 0 Å². The van der Waals surface area contributed by atoms with E-state index in [2.05, 4.69) is 0 Å². The molecule has 0 amide bonds. The first kappa shape index (κ1) is 12.2. The van der Waals surface area contributed by atoms with Crippen molar-refractivity contribution in [2.75, 3.05) is 11.5 Å². The molecule has 2 aromatic rings. The van der Waals surface area contributed by atoms with E-state index in [1.165, 1.54) is 0 Å². The average molecular weight is 275 g/mol. The largest absolute Gasteiger partial charge is 0.456 e. The maximum absolute atomic E-state index is 6.56. The zero-order chi connectivity index (χ0) is 13.7. The fourth-order valence-electron chi connectivity index (χ4n) is 2.48. The van der Waals surface area contributed by atoms with E-state index < -0.39 is 0 Å². The number of hydrogen-bond donors (Lipinski definition) is 2. The zero-order valence-corrected chi connectivity index (χ0v) is 11.6. The molecule has 0 aromatic heterocycles. The maximum atomic E-state index is 6.56. The number of nitrogen functional groups attached to an aromatic ring is 2. The third-order valence-corrected chi connectivity index (χ3v) is 4.24. The molecule has 1 aliphatic heterocycles. The van der Waals surface area contributed by atoms with Crippen molar-refractivity contribution in [1.29, 1.82) is 0 Å². The van der Waals surface area contributed by atoms with E-state index in [9.17, 15) is 0 Å². The minimum absolute atomic E-state index is 0.332. The molecule has 0 saturated heterocycles. The first-order valence-corrected chi connectivity index (χ1v) is 6.54. The van der Waals surface area contributed by atoms with E-state index in [4.69, 9.17) is 27.8 Å². The lowest BCUT2D eigenvalue weighted by Gasteiger charge is -2.28. The lowest BCUT2D eigenvalue weighted by atomic mass is 9.92. The van der Waals surface area contributed by atoms with Gasteiger partial charge in [-0.2, -0.15) is 0 Å². The van der Waals surface area contributed by atoms with Crippen LogP contribution < -0.4 is 16.2 Å². The number of rotatable bonds is 0. The summed E-state index contributed by atoms with van der Waals surface area (Å²) in [4.78, 5) is 0. The van der Waals surface area contributed by atoms with E-state index in [-0.39, 0.29) is 5.38 Å². The Balaban J connectivity index is 2.32. The SMILES string of the molecule is Cc1c(C)c2c(c(N)c1N)C(Cl)c1ccccc1O2. The third-order valence-electron chi connectivity index (χ3n) is 3.79. The Labute approximate surface area is 117 Å². The molecule has 0 aliphatic carbocycles. The summed E-state index contributed by atoms with van der Waals surface area (Å²) in [5, 5.41) is -0.332. The van der Waals surface area contributed by atoms with Crippen molar-refractivity contribution in [2.24, 2.45) is 0 Å². The summed E-state index contributed by atoms with van der Waals surface area (Å²) in [6.45, 7) is 3.91. The first-order valence-electron chi connectivity index (χ1n) is 6.11. The molecule has 4 heteroatoms. The van der Waals surface area contributed by atoms with Crippen LogP contribution in [-0.4, -0.2) is 0 Å². The molecule has 1 heterocycles. The van der Waals surface area contributed by atoms with Gasteiger partial charge in [-0.3, -0.25) is 0 Å². The fourth-order valence-corrected chi connectivity index (χ4v) is 2.87. The van der Waals surface area contributed by atoms with Crippen molar-refractivity contribution in [1.82, 2.24) is 0 Å². The minimum atomic E-state index is -0.332. The summed E-state index contributed by atoms with van der Waals surface area (Å²) in [5.74, 6) is 1.52. The molecule has 0 saturated carbocycles. The summed E-state index contributed by atoms with van der Waals surface area (Å²) >= 11 is 6.56. The number of para-hydroxylation sites is 1. The molecule has 0 spiro atoms. The summed E-state index contributed by atoms with van der Waals surface area (Å²) in [6, 6.07) is 7.72. The second kappa shape index (κ2) is 4.07. The molecule has 0 fully saturated rings. The highest BCUT2D eigenvalue weighted by molar-refractivity contribution is 6.24. The number of halogens is 1. The Bertz CT molecular complexity index is 682. The van der Waals surface area contributed by atoms with Gasteiger partial charge in [-0.05, 0) is 31.0 Å². The number of ether oxygens (including phenoxy) is 1. The Kier molecular flexibility index (Phi) is 2.61. The molecule has 3 rings (SSSR count). The molecule has 1 atom stereocenters. The number of anilines is 2. The molecule has 3 nitrogen and oxygen atoms in total. The van der Waals surface area contributed by atoms with E-state index in [1.54, 1.807) is 0 Å². The monoisotopic (exact) mass is 274 g/mol. The van der Waals surface area contributed by atoms with E-state index in [0.29, 0.717) is 11.4 Å². The Hall–Kier alpha value is -1.87. The Morgan fingerprint density at radius 2 is 1.74 bits per heavy atom. The van der Waals surface area contributed by atoms with Gasteiger partial charge in [-0.15, -0.1) is 11.6 Å². The predicted molar refractivity (Wildman–Crippen MR) is 79.0 cm³/mol. The summed E-state index contributed by atoms with van der Waals surface area (Å²) in [5.41, 5.74) is 16.9. The van der Waals surface area contributed by atoms with Gasteiger partial charge in [0.25, 0.3) is 0 Å². The van der Waals surface area contributed by atoms with Crippen LogP contribution in [0.5, 0.6) is 11.5 Å². The molecule has 0 bridgehead atoms. The quantitative estimate of drug-likeness (QED) is 0.566. The number of nitrogens with two attached hydrogens (primary N) is 2. The smallest absolute Gasteiger partial charge is 0.137 e. The van der Waals surface area contributed by atoms with Crippen molar-refractivity contribution in [2.45, 2.75) is 19.2 Å². The summed E-state index contributed by atoms with van der Waals surface area (Å²) in [7, 11) is 0. The topological polar surface area (TPSA) is 61.3 Å². The standard InChI is InChI=1S/C15H15ClN2O/c1-7-8(2)15-11(14(18)13(7)17)12(16)9-5-3-4-6-10(9)19-15/h3-6,12H,17-18H2,1-2H3. The van der Waals surface area contributed by atoms with Crippen molar-refractivity contribution < 1.29 is 4.74 Å². The maximum Gasteiger partial charge on any atom is 0.137 e. The molecule has 1 unspecified atom stereocenters. The van der Waals surface area contributed by atoms with Gasteiger partial charge in [0.2, 0.25) is 0 Å². The predicted octanol–water partition coefficient (Wildman–Crippen LogP) is 3.90. The van der Waals surface area contributed by atoms with Gasteiger partial charge in [-0.1, -0.05) is 18.2 Å². The molecule has 19 heavy (non-hydrogen) atoms. The van der Waals surface area contributed by atoms with Crippen LogP contribution in [-0.2, 0) is 0 Å². The average Bonchev–Trinajstić information content (AvgIpc) is 2.43. The number of benzene rings is 2. The van der Waals surface area contributed by atoms with E-state index in [1.807, 2.05) is 38.1 Å². The van der Waals surface area contributed by atoms with Crippen LogP contribution in [0.2, 0.25) is 0 Å². The lowest BCUT2D eigenvalue weighted by Crippen LogP contribution is -2.13. The van der Waals surface area contributed by atoms with Gasteiger partial charge >= 0.3 is 0 Å². The van der Waals surface area contributed by atoms with Gasteiger partial charge in [-0.25, -0.2) is 0 Å². The number of fused-ring (bicyclic) bond motifs is 2. The van der Waals surface area contributed by atoms with Gasteiger partial charge in [0.05, 0.1) is 16.8 Å². The molecular weight excluding hydrogens is 260 g/mol. The van der Waals surface area contributed by atoms with Crippen LogP contribution in [0.3, 0.4) is 0 Å². The highest BCUT2D eigenvalue weighted by Crippen LogP contribution is 2.52. The number of hydrogen-bond acceptors (Lipinski definition) is 3. The third kappa shape index (κ3) is 1.58. The van der Waals surface area contributed by atoms with Crippen LogP contribution in [0.4, 0.5) is 11.4 Å². The van der Waals surface area contributed by atoms with Gasteiger partial charge in [0.15, 0.2) is 0 Å². The van der Waals surface area contributed by atoms with Gasteiger partial charge in [0.1, 0.15) is 11.5 Å². The van der Waals surface area contributed by atoms with Crippen LogP contribution in [0.15, 0.2) is 24.3 Å². The fraction of sp³-hybridized carbons (Fsp3) is 0.200. The molecule has 2 aromatic carbocycles. The van der Waals surface area contributed by atoms with Gasteiger partial charge in [0, 0.05) is 11.1 Å². The van der Waals surface area contributed by atoms with Gasteiger partial charge < -0.3 is 16.2 Å². The van der Waals surface area contributed by atoms with Crippen LogP contribution in [0.1, 0.15) is 27.6 Å². The van der Waals surface area contributed by atoms with Crippen molar-refractivity contribution in [3.8, 4) is 11.5 Å². The van der Waals surface area contributed by atoms with Crippen LogP contribution in [0, 0.1) is 13.8 Å². The molecule has 1 aliphatic rings. The van der Waals surface area contributed by atoms with Crippen molar-refractivity contribution in [3.05, 3.63) is 46.5 Å². The van der Waals surface area contributed by atoms with E-state index in [0.717, 1.165) is 33.8 Å². The molecular formula is C15H15ClN2O. The first-order chi connectivity index (χ1) is 9.02. The highest BCUT2D eigenvalue weighted by atomic mass is 35.5. The van der Waals surface area contributed by atoms with E-state index >= 15 is 0 Å². The Morgan fingerprint density at radius 1 is 1.05 bits per heavy atom. The molecule has 0 radical (unpaired) electrons. The van der Waals surface area contributed by atoms with Crippen LogP contribution in [0.25, 0.3) is 0 Å². The normalized spacial score (nSPS) is 16.5. The Morgan fingerprint density at radius 3 is 2.47 bits per heavy atom. The minimum Gasteiger partial charge on any atom is -0.456 e. The van der Waals surface area contributed by atoms with Crippen molar-refractivity contribution >= 4 is 23.0 Å². The molecule has 4 N–H and O–H groups in total. The summed E-state index contributed by atoms with van der Waals surface area (Å²) < 4.78 is 5.98. The summed E-state index contributed by atoms with van der Waals surface area (Å²) in [6.07, 6.45) is 0.